The quantitative estimate of drug-likeness (QED) is 0.566. The van der Waals surface area contributed by atoms with Crippen LogP contribution in [0.3, 0.4) is 0 Å². The molecule has 0 spiro atoms. The molecule has 0 bridgehead atoms. The van der Waals surface area contributed by atoms with E-state index in [1.165, 1.54) is 0 Å². The van der Waals surface area contributed by atoms with E-state index in [-0.39, 0.29) is 24.5 Å². The van der Waals surface area contributed by atoms with Gasteiger partial charge in [0, 0.05) is 29.4 Å². The van der Waals surface area contributed by atoms with Crippen molar-refractivity contribution in [1.82, 2.24) is 9.88 Å². The lowest BCUT2D eigenvalue weighted by molar-refractivity contribution is -0.152. The molecule has 0 unspecified atom stereocenters. The molecule has 2 aromatic carbocycles. The molecular formula is C23H22ClN3O4. The van der Waals surface area contributed by atoms with Gasteiger partial charge in [0.05, 0.1) is 12.1 Å². The van der Waals surface area contributed by atoms with Crippen LogP contribution in [0.25, 0.3) is 11.3 Å². The van der Waals surface area contributed by atoms with Gasteiger partial charge in [-0.05, 0) is 49.2 Å². The molecule has 3 aromatic rings. The van der Waals surface area contributed by atoms with Crippen LogP contribution in [0.5, 0.6) is 0 Å². The Bertz CT molecular complexity index is 1030. The molecule has 1 aromatic heterocycles. The number of halogens is 1. The Labute approximate surface area is 185 Å². The summed E-state index contributed by atoms with van der Waals surface area (Å²) < 4.78 is 11.1. The lowest BCUT2D eigenvalue weighted by atomic mass is 9.97. The molecule has 0 atom stereocenters. The molecule has 8 heteroatoms. The zero-order chi connectivity index (χ0) is 21.6. The Morgan fingerprint density at radius 3 is 2.52 bits per heavy atom. The summed E-state index contributed by atoms with van der Waals surface area (Å²) in [5.74, 6) is 0.374. The number of carbonyl (C=O) groups is 2. The summed E-state index contributed by atoms with van der Waals surface area (Å²) in [4.78, 5) is 30.7. The van der Waals surface area contributed by atoms with E-state index in [0.29, 0.717) is 42.6 Å². The van der Waals surface area contributed by atoms with Crippen molar-refractivity contribution in [2.75, 3.05) is 18.4 Å². The number of amides is 2. The maximum Gasteiger partial charge on any atom is 0.321 e. The maximum absolute atomic E-state index is 12.4. The van der Waals surface area contributed by atoms with Crippen molar-refractivity contribution >= 4 is 29.3 Å². The summed E-state index contributed by atoms with van der Waals surface area (Å²) in [7, 11) is 0. The van der Waals surface area contributed by atoms with Gasteiger partial charge in [-0.2, -0.15) is 0 Å². The van der Waals surface area contributed by atoms with E-state index in [9.17, 15) is 9.59 Å². The normalized spacial score (nSPS) is 14.3. The van der Waals surface area contributed by atoms with E-state index in [0.717, 1.165) is 11.3 Å². The second-order valence-electron chi connectivity index (χ2n) is 7.29. The SMILES string of the molecule is O=C(OCc1ncc(-c2ccc(Cl)cc2)o1)C1CCN(C(=O)Nc2ccccc2)CC1. The molecule has 0 saturated carbocycles. The third-order valence-electron chi connectivity index (χ3n) is 5.16. The van der Waals surface area contributed by atoms with Crippen LogP contribution in [-0.4, -0.2) is 35.0 Å². The molecule has 0 radical (unpaired) electrons. The summed E-state index contributed by atoms with van der Waals surface area (Å²) in [6.07, 6.45) is 2.71. The number of hydrogen-bond acceptors (Lipinski definition) is 5. The van der Waals surface area contributed by atoms with Gasteiger partial charge in [0.2, 0.25) is 5.89 Å². The van der Waals surface area contributed by atoms with Crippen LogP contribution in [0.2, 0.25) is 5.02 Å². The molecule has 0 aliphatic carbocycles. The van der Waals surface area contributed by atoms with Crippen molar-refractivity contribution in [3.8, 4) is 11.3 Å². The van der Waals surface area contributed by atoms with E-state index < -0.39 is 0 Å². The summed E-state index contributed by atoms with van der Waals surface area (Å²) in [6, 6.07) is 16.3. The lowest BCUT2D eigenvalue weighted by Crippen LogP contribution is -2.42. The largest absolute Gasteiger partial charge is 0.455 e. The van der Waals surface area contributed by atoms with E-state index in [1.807, 2.05) is 42.5 Å². The maximum atomic E-state index is 12.4. The van der Waals surface area contributed by atoms with E-state index >= 15 is 0 Å². The van der Waals surface area contributed by atoms with Gasteiger partial charge < -0.3 is 19.4 Å². The number of oxazole rings is 1. The molecule has 2 amide bonds. The first-order chi connectivity index (χ1) is 15.1. The fourth-order valence-corrected chi connectivity index (χ4v) is 3.54. The number of ether oxygens (including phenoxy) is 1. The lowest BCUT2D eigenvalue weighted by Gasteiger charge is -2.30. The Morgan fingerprint density at radius 1 is 1.10 bits per heavy atom. The Balaban J connectivity index is 1.23. The molecular weight excluding hydrogens is 418 g/mol. The average molecular weight is 440 g/mol. The Morgan fingerprint density at radius 2 is 1.81 bits per heavy atom. The van der Waals surface area contributed by atoms with Crippen LogP contribution in [0.15, 0.2) is 65.2 Å². The number of nitrogens with zero attached hydrogens (tertiary/aromatic N) is 2. The van der Waals surface area contributed by atoms with Crippen molar-refractivity contribution in [2.24, 2.45) is 5.92 Å². The van der Waals surface area contributed by atoms with Crippen molar-refractivity contribution in [2.45, 2.75) is 19.4 Å². The van der Waals surface area contributed by atoms with Gasteiger partial charge in [0.1, 0.15) is 0 Å². The van der Waals surface area contributed by atoms with Crippen LogP contribution in [-0.2, 0) is 16.1 Å². The Hall–Kier alpha value is -3.32. The summed E-state index contributed by atoms with van der Waals surface area (Å²) in [5.41, 5.74) is 1.59. The predicted octanol–water partition coefficient (Wildman–Crippen LogP) is 4.98. The number of likely N-dealkylation sites (tertiary alicyclic amines) is 1. The molecule has 1 aliphatic rings. The van der Waals surface area contributed by atoms with Gasteiger partial charge in [0.15, 0.2) is 12.4 Å². The molecule has 31 heavy (non-hydrogen) atoms. The van der Waals surface area contributed by atoms with Crippen molar-refractivity contribution in [1.29, 1.82) is 0 Å². The van der Waals surface area contributed by atoms with E-state index in [1.54, 1.807) is 23.2 Å². The number of anilines is 1. The molecule has 160 valence electrons. The van der Waals surface area contributed by atoms with Crippen molar-refractivity contribution < 1.29 is 18.7 Å². The first kappa shape index (κ1) is 20.9. The zero-order valence-corrected chi connectivity index (χ0v) is 17.5. The summed E-state index contributed by atoms with van der Waals surface area (Å²) >= 11 is 5.90. The second-order valence-corrected chi connectivity index (χ2v) is 7.73. The highest BCUT2D eigenvalue weighted by molar-refractivity contribution is 6.30. The number of esters is 1. The first-order valence-electron chi connectivity index (χ1n) is 10.1. The second kappa shape index (κ2) is 9.66. The van der Waals surface area contributed by atoms with Gasteiger partial charge in [0.25, 0.3) is 0 Å². The van der Waals surface area contributed by atoms with Gasteiger partial charge in [-0.1, -0.05) is 29.8 Å². The number of rotatable bonds is 5. The summed E-state index contributed by atoms with van der Waals surface area (Å²) in [6.45, 7) is 0.970. The summed E-state index contributed by atoms with van der Waals surface area (Å²) in [5, 5.41) is 3.50. The minimum Gasteiger partial charge on any atom is -0.455 e. The van der Waals surface area contributed by atoms with Crippen molar-refractivity contribution in [3.63, 3.8) is 0 Å². The van der Waals surface area contributed by atoms with Gasteiger partial charge in [-0.25, -0.2) is 9.78 Å². The number of carbonyl (C=O) groups excluding carboxylic acids is 2. The number of para-hydroxylation sites is 1. The highest BCUT2D eigenvalue weighted by Gasteiger charge is 2.28. The molecule has 4 rings (SSSR count). The third-order valence-corrected chi connectivity index (χ3v) is 5.41. The third kappa shape index (κ3) is 5.44. The first-order valence-corrected chi connectivity index (χ1v) is 10.4. The molecule has 1 N–H and O–H groups in total. The fourth-order valence-electron chi connectivity index (χ4n) is 3.42. The molecule has 1 aliphatic heterocycles. The van der Waals surface area contributed by atoms with Crippen LogP contribution in [0.1, 0.15) is 18.7 Å². The Kier molecular flexibility index (Phi) is 6.52. The van der Waals surface area contributed by atoms with Gasteiger partial charge in [-0.15, -0.1) is 0 Å². The molecule has 1 fully saturated rings. The number of hydrogen-bond donors (Lipinski definition) is 1. The smallest absolute Gasteiger partial charge is 0.321 e. The number of aromatic nitrogens is 1. The fraction of sp³-hybridized carbons (Fsp3) is 0.261. The number of urea groups is 1. The predicted molar refractivity (Wildman–Crippen MR) is 117 cm³/mol. The highest BCUT2D eigenvalue weighted by atomic mass is 35.5. The van der Waals surface area contributed by atoms with E-state index in [4.69, 9.17) is 20.8 Å². The van der Waals surface area contributed by atoms with Crippen LogP contribution >= 0.6 is 11.6 Å². The average Bonchev–Trinajstić information content (AvgIpc) is 3.28. The van der Waals surface area contributed by atoms with Gasteiger partial charge >= 0.3 is 12.0 Å². The minimum atomic E-state index is -0.297. The topological polar surface area (TPSA) is 84.7 Å². The van der Waals surface area contributed by atoms with E-state index in [2.05, 4.69) is 10.3 Å². The highest BCUT2D eigenvalue weighted by Crippen LogP contribution is 2.24. The van der Waals surface area contributed by atoms with Crippen LogP contribution in [0, 0.1) is 5.92 Å². The monoisotopic (exact) mass is 439 g/mol. The molecule has 7 nitrogen and oxygen atoms in total. The molecule has 1 saturated heterocycles. The van der Waals surface area contributed by atoms with Crippen LogP contribution in [0.4, 0.5) is 10.5 Å². The zero-order valence-electron chi connectivity index (χ0n) is 16.8. The standard InChI is InChI=1S/C23H22ClN3O4/c24-18-8-6-16(7-9-18)20-14-25-21(31-20)15-30-22(28)17-10-12-27(13-11-17)23(29)26-19-4-2-1-3-5-19/h1-9,14,17H,10-13,15H2,(H,26,29). The number of benzene rings is 2. The molecule has 2 heterocycles. The van der Waals surface area contributed by atoms with Gasteiger partial charge in [-0.3, -0.25) is 4.79 Å². The number of nitrogens with one attached hydrogen (secondary N) is 1. The van der Waals surface area contributed by atoms with Crippen molar-refractivity contribution in [3.05, 3.63) is 71.7 Å². The number of piperidine rings is 1. The minimum absolute atomic E-state index is 0.0267. The van der Waals surface area contributed by atoms with Crippen LogP contribution < -0.4 is 5.32 Å².